The van der Waals surface area contributed by atoms with Gasteiger partial charge in [-0.05, 0) is 60.5 Å². The highest BCUT2D eigenvalue weighted by molar-refractivity contribution is 5.92. The van der Waals surface area contributed by atoms with Gasteiger partial charge in [-0.25, -0.2) is 0 Å². The molecule has 8 heteroatoms. The van der Waals surface area contributed by atoms with Crippen LogP contribution in [0.1, 0.15) is 19.4 Å². The van der Waals surface area contributed by atoms with Gasteiger partial charge in [-0.2, -0.15) is 0 Å². The zero-order valence-corrected chi connectivity index (χ0v) is 17.8. The minimum Gasteiger partial charge on any atom is -0.490 e. The van der Waals surface area contributed by atoms with Crippen LogP contribution in [0.5, 0.6) is 23.0 Å². The molecular formula is C25H20F3NO4. The van der Waals surface area contributed by atoms with Crippen LogP contribution in [0.15, 0.2) is 65.2 Å². The summed E-state index contributed by atoms with van der Waals surface area (Å²) in [5.74, 6) is 2.30. The van der Waals surface area contributed by atoms with Crippen molar-refractivity contribution in [1.82, 2.24) is 5.16 Å². The van der Waals surface area contributed by atoms with Crippen molar-refractivity contribution in [3.8, 4) is 34.3 Å². The molecule has 0 bridgehead atoms. The van der Waals surface area contributed by atoms with E-state index < -0.39 is 6.36 Å². The molecule has 5 nitrogen and oxygen atoms in total. The van der Waals surface area contributed by atoms with Crippen LogP contribution in [-0.2, 0) is 6.42 Å². The van der Waals surface area contributed by atoms with Crippen LogP contribution >= 0.6 is 0 Å². The van der Waals surface area contributed by atoms with Gasteiger partial charge in [-0.1, -0.05) is 19.0 Å². The third kappa shape index (κ3) is 4.46. The van der Waals surface area contributed by atoms with Crippen LogP contribution in [0, 0.1) is 5.92 Å². The third-order valence-electron chi connectivity index (χ3n) is 5.52. The second-order valence-electron chi connectivity index (χ2n) is 8.24. The van der Waals surface area contributed by atoms with Crippen LogP contribution in [0.3, 0.4) is 0 Å². The molecule has 0 fully saturated rings. The fourth-order valence-corrected chi connectivity index (χ4v) is 3.83. The lowest BCUT2D eigenvalue weighted by Crippen LogP contribution is -2.19. The van der Waals surface area contributed by atoms with Gasteiger partial charge in [-0.15, -0.1) is 13.2 Å². The van der Waals surface area contributed by atoms with E-state index in [9.17, 15) is 13.2 Å². The summed E-state index contributed by atoms with van der Waals surface area (Å²) in [4.78, 5) is 0. The van der Waals surface area contributed by atoms with Crippen molar-refractivity contribution in [2.24, 2.45) is 5.92 Å². The van der Waals surface area contributed by atoms with E-state index in [1.807, 2.05) is 24.3 Å². The SMILES string of the molecule is CC(C)C1Cc2cc(Oc3ccc4c(-c5ccc(OC(F)(F)F)cc5)noc4c3)ccc2O1. The maximum Gasteiger partial charge on any atom is 0.573 e. The molecule has 0 spiro atoms. The first-order chi connectivity index (χ1) is 15.7. The van der Waals surface area contributed by atoms with Gasteiger partial charge in [-0.3, -0.25) is 0 Å². The van der Waals surface area contributed by atoms with E-state index >= 15 is 0 Å². The van der Waals surface area contributed by atoms with E-state index in [0.29, 0.717) is 39.6 Å². The molecule has 1 unspecified atom stereocenters. The van der Waals surface area contributed by atoms with Gasteiger partial charge >= 0.3 is 6.36 Å². The van der Waals surface area contributed by atoms with E-state index in [2.05, 4.69) is 23.7 Å². The van der Waals surface area contributed by atoms with Gasteiger partial charge in [0, 0.05) is 29.0 Å². The van der Waals surface area contributed by atoms with Gasteiger partial charge in [0.2, 0.25) is 0 Å². The number of rotatable bonds is 5. The summed E-state index contributed by atoms with van der Waals surface area (Å²) in [6.07, 6.45) is -3.71. The molecule has 2 heterocycles. The molecule has 1 aromatic heterocycles. The molecule has 1 atom stereocenters. The van der Waals surface area contributed by atoms with Gasteiger partial charge in [0.25, 0.3) is 0 Å². The first kappa shape index (κ1) is 21.2. The zero-order chi connectivity index (χ0) is 23.2. The average molecular weight is 455 g/mol. The Morgan fingerprint density at radius 2 is 1.64 bits per heavy atom. The van der Waals surface area contributed by atoms with E-state index in [4.69, 9.17) is 14.0 Å². The minimum absolute atomic E-state index is 0.174. The molecule has 1 aliphatic heterocycles. The highest BCUT2D eigenvalue weighted by atomic mass is 19.4. The average Bonchev–Trinajstić information content (AvgIpc) is 3.37. The highest BCUT2D eigenvalue weighted by Gasteiger charge is 2.31. The first-order valence-electron chi connectivity index (χ1n) is 10.5. The summed E-state index contributed by atoms with van der Waals surface area (Å²) in [6.45, 7) is 4.28. The number of ether oxygens (including phenoxy) is 3. The predicted octanol–water partition coefficient (Wildman–Crippen LogP) is 7.15. The smallest absolute Gasteiger partial charge is 0.490 e. The molecule has 4 aromatic rings. The molecule has 0 N–H and O–H groups in total. The van der Waals surface area contributed by atoms with E-state index in [1.165, 1.54) is 24.3 Å². The molecule has 3 aromatic carbocycles. The Bertz CT molecular complexity index is 1300. The molecule has 5 rings (SSSR count). The number of halogens is 3. The van der Waals surface area contributed by atoms with Gasteiger partial charge in [0.15, 0.2) is 5.58 Å². The number of aromatic nitrogens is 1. The largest absolute Gasteiger partial charge is 0.573 e. The van der Waals surface area contributed by atoms with Gasteiger partial charge in [0.05, 0.1) is 0 Å². The summed E-state index contributed by atoms with van der Waals surface area (Å²) in [7, 11) is 0. The first-order valence-corrected chi connectivity index (χ1v) is 10.5. The molecule has 33 heavy (non-hydrogen) atoms. The van der Waals surface area contributed by atoms with Gasteiger partial charge < -0.3 is 18.7 Å². The maximum atomic E-state index is 12.4. The van der Waals surface area contributed by atoms with Crippen molar-refractivity contribution in [1.29, 1.82) is 0 Å². The van der Waals surface area contributed by atoms with Crippen LogP contribution < -0.4 is 14.2 Å². The van der Waals surface area contributed by atoms with Crippen molar-refractivity contribution in [2.75, 3.05) is 0 Å². The van der Waals surface area contributed by atoms with Crippen molar-refractivity contribution in [3.63, 3.8) is 0 Å². The Morgan fingerprint density at radius 3 is 2.36 bits per heavy atom. The van der Waals surface area contributed by atoms with E-state index in [1.54, 1.807) is 12.1 Å². The number of nitrogens with zero attached hydrogens (tertiary/aromatic N) is 1. The predicted molar refractivity (Wildman–Crippen MR) is 116 cm³/mol. The van der Waals surface area contributed by atoms with Crippen LogP contribution in [-0.4, -0.2) is 17.6 Å². The third-order valence-corrected chi connectivity index (χ3v) is 5.52. The van der Waals surface area contributed by atoms with Crippen molar-refractivity contribution >= 4 is 11.0 Å². The fourth-order valence-electron chi connectivity index (χ4n) is 3.83. The summed E-state index contributed by atoms with van der Waals surface area (Å²) < 4.78 is 58.4. The second kappa shape index (κ2) is 8.03. The number of hydrogen-bond acceptors (Lipinski definition) is 5. The fraction of sp³-hybridized carbons (Fsp3) is 0.240. The Kier molecular flexibility index (Phi) is 5.15. The van der Waals surface area contributed by atoms with Crippen LogP contribution in [0.4, 0.5) is 13.2 Å². The Labute approximate surface area is 187 Å². The topological polar surface area (TPSA) is 53.7 Å². The minimum atomic E-state index is -4.74. The standard InChI is InChI=1S/C25H20F3NO4/c1-14(2)22-12-16-11-18(8-10-21(16)31-22)30-19-7-9-20-23(13-19)33-29-24(20)15-3-5-17(6-4-15)32-25(26,27)28/h3-11,13-14,22H,12H2,1-2H3. The van der Waals surface area contributed by atoms with Crippen molar-refractivity contribution in [3.05, 3.63) is 66.2 Å². The lowest BCUT2D eigenvalue weighted by Gasteiger charge is -2.13. The summed E-state index contributed by atoms with van der Waals surface area (Å²) >= 11 is 0. The summed E-state index contributed by atoms with van der Waals surface area (Å²) in [6, 6.07) is 16.6. The zero-order valence-electron chi connectivity index (χ0n) is 17.8. The quantitative estimate of drug-likeness (QED) is 0.320. The molecular weight excluding hydrogens is 435 g/mol. The Morgan fingerprint density at radius 1 is 0.939 bits per heavy atom. The normalized spacial score (nSPS) is 15.5. The molecule has 170 valence electrons. The Balaban J connectivity index is 1.35. The molecule has 0 amide bonds. The number of hydrogen-bond donors (Lipinski definition) is 0. The number of benzene rings is 3. The number of fused-ring (bicyclic) bond motifs is 2. The summed E-state index contributed by atoms with van der Waals surface area (Å²) in [5.41, 5.74) is 2.74. The number of alkyl halides is 3. The molecule has 0 aliphatic carbocycles. The summed E-state index contributed by atoms with van der Waals surface area (Å²) in [5, 5.41) is 4.80. The molecule has 0 saturated carbocycles. The Hall–Kier alpha value is -3.68. The molecule has 1 aliphatic rings. The van der Waals surface area contributed by atoms with E-state index in [0.717, 1.165) is 17.7 Å². The van der Waals surface area contributed by atoms with Crippen molar-refractivity contribution < 1.29 is 31.9 Å². The van der Waals surface area contributed by atoms with Crippen LogP contribution in [0.2, 0.25) is 0 Å². The lowest BCUT2D eigenvalue weighted by atomic mass is 10.0. The van der Waals surface area contributed by atoms with Crippen LogP contribution in [0.25, 0.3) is 22.2 Å². The highest BCUT2D eigenvalue weighted by Crippen LogP contribution is 2.37. The van der Waals surface area contributed by atoms with Crippen molar-refractivity contribution in [2.45, 2.75) is 32.7 Å². The molecule has 0 saturated heterocycles. The molecule has 0 radical (unpaired) electrons. The van der Waals surface area contributed by atoms with E-state index in [-0.39, 0.29) is 11.9 Å². The second-order valence-corrected chi connectivity index (χ2v) is 8.24. The van der Waals surface area contributed by atoms with Gasteiger partial charge in [0.1, 0.15) is 34.8 Å². The maximum absolute atomic E-state index is 12.4. The lowest BCUT2D eigenvalue weighted by molar-refractivity contribution is -0.274. The monoisotopic (exact) mass is 455 g/mol.